The van der Waals surface area contributed by atoms with Gasteiger partial charge in [-0.1, -0.05) is 95.9 Å². The summed E-state index contributed by atoms with van der Waals surface area (Å²) in [6.45, 7) is 15.1. The van der Waals surface area contributed by atoms with Gasteiger partial charge < -0.3 is 9.47 Å². The molecule has 3 fully saturated rings. The van der Waals surface area contributed by atoms with E-state index >= 15 is 0 Å². The molecule has 260 valence electrons. The molecule has 49 heavy (non-hydrogen) atoms. The quantitative estimate of drug-likeness (QED) is 0.185. The summed E-state index contributed by atoms with van der Waals surface area (Å²) < 4.78 is 12.4. The first-order valence-electron chi connectivity index (χ1n) is 19.2. The van der Waals surface area contributed by atoms with Gasteiger partial charge in [0, 0.05) is 5.57 Å². The average molecular weight is 659 g/mol. The topological polar surface area (TPSA) is 66.0 Å². The van der Waals surface area contributed by atoms with Crippen LogP contribution in [-0.4, -0.2) is 6.10 Å². The van der Waals surface area contributed by atoms with Gasteiger partial charge in [-0.3, -0.25) is 0 Å². The fourth-order valence-corrected chi connectivity index (χ4v) is 11.0. The van der Waals surface area contributed by atoms with Crippen molar-refractivity contribution in [3.8, 4) is 12.1 Å². The number of ether oxygens (including phenoxy) is 2. The van der Waals surface area contributed by atoms with Crippen LogP contribution in [0.2, 0.25) is 0 Å². The van der Waals surface area contributed by atoms with Crippen molar-refractivity contribution in [1.29, 1.82) is 10.5 Å². The van der Waals surface area contributed by atoms with E-state index in [4.69, 9.17) is 9.47 Å². The molecule has 1 aromatic carbocycles. The first-order chi connectivity index (χ1) is 23.5. The zero-order chi connectivity index (χ0) is 34.8. The molecule has 0 aromatic heterocycles. The van der Waals surface area contributed by atoms with Gasteiger partial charge in [0.1, 0.15) is 29.2 Å². The average Bonchev–Trinajstić information content (AvgIpc) is 3.44. The molecule has 0 saturated heterocycles. The Morgan fingerprint density at radius 2 is 1.73 bits per heavy atom. The molecule has 4 heteroatoms. The SMILES string of the molecule is CC1=CC(=C(C#N)C#N)C=C(/C=C/c2ccc(COC3CC[C@@]4(C)C(=CC[C@H]5[C@@H]6CC[C@H]([C@H](C)CCCC(C)C)[C@@]6(C)CC[C@@H]54)C3)cc2)O1. The Balaban J connectivity index is 1.03. The Bertz CT molecular complexity index is 1590. The van der Waals surface area contributed by atoms with Gasteiger partial charge in [-0.15, -0.1) is 0 Å². The third-order valence-corrected chi connectivity index (χ3v) is 13.6. The largest absolute Gasteiger partial charge is 0.462 e. The van der Waals surface area contributed by atoms with E-state index in [2.05, 4.69) is 65.0 Å². The lowest BCUT2D eigenvalue weighted by atomic mass is 9.47. The van der Waals surface area contributed by atoms with E-state index in [0.29, 0.717) is 40.6 Å². The summed E-state index contributed by atoms with van der Waals surface area (Å²) in [5.41, 5.74) is 5.50. The molecule has 0 radical (unpaired) electrons. The molecular formula is C45H58N2O2. The van der Waals surface area contributed by atoms with Crippen molar-refractivity contribution in [2.45, 2.75) is 125 Å². The minimum atomic E-state index is 0.0843. The summed E-state index contributed by atoms with van der Waals surface area (Å²) in [5, 5.41) is 18.5. The molecular weight excluding hydrogens is 601 g/mol. The highest BCUT2D eigenvalue weighted by atomic mass is 16.5. The van der Waals surface area contributed by atoms with Gasteiger partial charge in [-0.25, -0.2) is 0 Å². The fraction of sp³-hybridized carbons (Fsp3) is 0.600. The smallest absolute Gasteiger partial charge is 0.137 e. The highest BCUT2D eigenvalue weighted by Gasteiger charge is 2.59. The summed E-state index contributed by atoms with van der Waals surface area (Å²) >= 11 is 0. The molecule has 1 aliphatic heterocycles. The van der Waals surface area contributed by atoms with Gasteiger partial charge in [0.25, 0.3) is 0 Å². The maximum atomic E-state index is 9.24. The molecule has 1 heterocycles. The Labute approximate surface area is 296 Å². The van der Waals surface area contributed by atoms with E-state index in [1.165, 1.54) is 63.4 Å². The van der Waals surface area contributed by atoms with Crippen molar-refractivity contribution >= 4 is 6.08 Å². The Kier molecular flexibility index (Phi) is 10.8. The Hall–Kier alpha value is -3.34. The maximum absolute atomic E-state index is 9.24. The van der Waals surface area contributed by atoms with Gasteiger partial charge in [0.05, 0.1) is 12.7 Å². The molecule has 5 aliphatic rings. The summed E-state index contributed by atoms with van der Waals surface area (Å²) in [6, 6.07) is 12.4. The van der Waals surface area contributed by atoms with Gasteiger partial charge in [0.15, 0.2) is 0 Å². The molecule has 0 N–H and O–H groups in total. The van der Waals surface area contributed by atoms with Gasteiger partial charge in [-0.05, 0) is 134 Å². The number of hydrogen-bond donors (Lipinski definition) is 0. The first kappa shape index (κ1) is 35.5. The van der Waals surface area contributed by atoms with Crippen LogP contribution in [0.4, 0.5) is 0 Å². The lowest BCUT2D eigenvalue weighted by Gasteiger charge is -2.58. The number of benzene rings is 1. The van der Waals surface area contributed by atoms with Crippen molar-refractivity contribution in [3.05, 3.63) is 87.9 Å². The predicted octanol–water partition coefficient (Wildman–Crippen LogP) is 11.8. The van der Waals surface area contributed by atoms with Crippen molar-refractivity contribution < 1.29 is 9.47 Å². The molecule has 0 bridgehead atoms. The zero-order valence-electron chi connectivity index (χ0n) is 30.9. The highest BCUT2D eigenvalue weighted by molar-refractivity contribution is 5.57. The van der Waals surface area contributed by atoms with Crippen LogP contribution in [0.25, 0.3) is 6.08 Å². The van der Waals surface area contributed by atoms with E-state index in [0.717, 1.165) is 53.9 Å². The van der Waals surface area contributed by atoms with Crippen LogP contribution >= 0.6 is 0 Å². The lowest BCUT2D eigenvalue weighted by Crippen LogP contribution is -2.51. The molecule has 0 spiro atoms. The maximum Gasteiger partial charge on any atom is 0.137 e. The third kappa shape index (κ3) is 7.42. The summed E-state index contributed by atoms with van der Waals surface area (Å²) in [5.74, 6) is 6.50. The van der Waals surface area contributed by atoms with Crippen LogP contribution in [0, 0.1) is 69.0 Å². The van der Waals surface area contributed by atoms with Crippen LogP contribution in [0.5, 0.6) is 0 Å². The lowest BCUT2D eigenvalue weighted by molar-refractivity contribution is -0.0656. The van der Waals surface area contributed by atoms with Crippen LogP contribution in [-0.2, 0) is 16.1 Å². The van der Waals surface area contributed by atoms with Gasteiger partial charge in [-0.2, -0.15) is 10.5 Å². The van der Waals surface area contributed by atoms with E-state index < -0.39 is 0 Å². The molecule has 0 amide bonds. The van der Waals surface area contributed by atoms with Crippen LogP contribution in [0.1, 0.15) is 123 Å². The molecule has 4 nitrogen and oxygen atoms in total. The van der Waals surface area contributed by atoms with Crippen molar-refractivity contribution in [2.24, 2.45) is 46.3 Å². The molecule has 8 atom stereocenters. The number of allylic oxidation sites excluding steroid dienone is 7. The highest BCUT2D eigenvalue weighted by Crippen LogP contribution is 2.67. The second-order valence-corrected chi connectivity index (χ2v) is 17.0. The van der Waals surface area contributed by atoms with E-state index in [1.54, 1.807) is 17.7 Å². The van der Waals surface area contributed by atoms with Crippen LogP contribution in [0.15, 0.2) is 76.8 Å². The Morgan fingerprint density at radius 3 is 2.47 bits per heavy atom. The van der Waals surface area contributed by atoms with E-state index in [9.17, 15) is 10.5 Å². The van der Waals surface area contributed by atoms with Crippen LogP contribution < -0.4 is 0 Å². The number of fused-ring (bicyclic) bond motifs is 5. The third-order valence-electron chi connectivity index (χ3n) is 13.6. The molecule has 1 unspecified atom stereocenters. The van der Waals surface area contributed by atoms with E-state index in [-0.39, 0.29) is 5.57 Å². The van der Waals surface area contributed by atoms with Crippen molar-refractivity contribution in [2.75, 3.05) is 0 Å². The van der Waals surface area contributed by atoms with Gasteiger partial charge in [0.2, 0.25) is 0 Å². The number of nitrogens with zero attached hydrogens (tertiary/aromatic N) is 2. The van der Waals surface area contributed by atoms with Gasteiger partial charge >= 0.3 is 0 Å². The number of nitriles is 2. The number of hydrogen-bond acceptors (Lipinski definition) is 4. The summed E-state index contributed by atoms with van der Waals surface area (Å²) in [6.07, 6.45) is 25.1. The zero-order valence-corrected chi connectivity index (χ0v) is 30.9. The molecule has 4 aliphatic carbocycles. The molecule has 6 rings (SSSR count). The Morgan fingerprint density at radius 1 is 0.959 bits per heavy atom. The second-order valence-electron chi connectivity index (χ2n) is 17.0. The number of rotatable bonds is 10. The molecule has 3 saturated carbocycles. The van der Waals surface area contributed by atoms with E-state index in [1.807, 2.05) is 31.2 Å². The summed E-state index contributed by atoms with van der Waals surface area (Å²) in [7, 11) is 0. The van der Waals surface area contributed by atoms with Crippen LogP contribution in [0.3, 0.4) is 0 Å². The molecule has 1 aromatic rings. The minimum Gasteiger partial charge on any atom is -0.462 e. The summed E-state index contributed by atoms with van der Waals surface area (Å²) in [4.78, 5) is 0. The standard InChI is InChI=1S/C45H58N2O2/c1-30(2)8-7-9-31(3)41-18-19-42-40-17-15-37-26-38(20-22-44(37,5)43(40)21-23-45(41,42)6)48-29-34-12-10-33(11-13-34)14-16-39-25-35(24-32(4)49-39)36(27-46)28-47/h10-16,24-25,30-31,38,40-43H,7-9,17-23,26,29H2,1-6H3/b16-14+/t31-,38?,40+,41-,42+,43+,44+,45-/m1/s1. The van der Waals surface area contributed by atoms with Crippen molar-refractivity contribution in [3.63, 3.8) is 0 Å². The minimum absolute atomic E-state index is 0.0843. The van der Waals surface area contributed by atoms with Crippen molar-refractivity contribution in [1.82, 2.24) is 0 Å². The monoisotopic (exact) mass is 658 g/mol. The normalized spacial score (nSPS) is 32.9. The predicted molar refractivity (Wildman–Crippen MR) is 198 cm³/mol. The second kappa shape index (κ2) is 14.9. The first-order valence-corrected chi connectivity index (χ1v) is 19.2. The fourth-order valence-electron chi connectivity index (χ4n) is 11.0.